The molecule has 1 atom stereocenters. The third kappa shape index (κ3) is 2.91. The maximum atomic E-state index is 11.0. The topological polar surface area (TPSA) is 52.6 Å². The summed E-state index contributed by atoms with van der Waals surface area (Å²) >= 11 is 0. The third-order valence-electron chi connectivity index (χ3n) is 2.77. The summed E-state index contributed by atoms with van der Waals surface area (Å²) < 4.78 is 10.3. The van der Waals surface area contributed by atoms with E-state index in [4.69, 9.17) is 9.47 Å². The van der Waals surface area contributed by atoms with Gasteiger partial charge in [0.25, 0.3) is 0 Å². The molecule has 0 radical (unpaired) electrons. The fraction of sp³-hybridized carbons (Fsp3) is 0.385. The Balaban J connectivity index is 1.85. The van der Waals surface area contributed by atoms with Crippen molar-refractivity contribution in [1.82, 2.24) is 0 Å². The SMILES string of the molecule is O=C[C@@]1(COCc2ccccc2)COC(=O)C1. The molecule has 1 aliphatic heterocycles. The molecule has 90 valence electrons. The molecular formula is C13H14O4. The number of aldehydes is 1. The number of ether oxygens (including phenoxy) is 2. The van der Waals surface area contributed by atoms with E-state index in [0.717, 1.165) is 11.8 Å². The van der Waals surface area contributed by atoms with Crippen LogP contribution in [0.4, 0.5) is 0 Å². The zero-order valence-corrected chi connectivity index (χ0v) is 9.43. The summed E-state index contributed by atoms with van der Waals surface area (Å²) in [7, 11) is 0. The van der Waals surface area contributed by atoms with Gasteiger partial charge in [0.2, 0.25) is 0 Å². The number of benzene rings is 1. The van der Waals surface area contributed by atoms with Gasteiger partial charge in [0.05, 0.1) is 25.0 Å². The summed E-state index contributed by atoms with van der Waals surface area (Å²) in [5.74, 6) is -0.333. The molecule has 0 aliphatic carbocycles. The van der Waals surface area contributed by atoms with Gasteiger partial charge >= 0.3 is 5.97 Å². The van der Waals surface area contributed by atoms with E-state index >= 15 is 0 Å². The minimum atomic E-state index is -0.786. The number of carbonyl (C=O) groups is 2. The lowest BCUT2D eigenvalue weighted by Gasteiger charge is -2.18. The Hall–Kier alpha value is -1.68. The molecule has 2 rings (SSSR count). The molecule has 0 bridgehead atoms. The van der Waals surface area contributed by atoms with Gasteiger partial charge in [-0.15, -0.1) is 0 Å². The molecule has 4 heteroatoms. The normalized spacial score (nSPS) is 23.4. The van der Waals surface area contributed by atoms with Crippen LogP contribution >= 0.6 is 0 Å². The highest BCUT2D eigenvalue weighted by molar-refractivity contribution is 5.79. The second-order valence-electron chi connectivity index (χ2n) is 4.30. The lowest BCUT2D eigenvalue weighted by atomic mass is 9.90. The van der Waals surface area contributed by atoms with Crippen molar-refractivity contribution in [2.45, 2.75) is 13.0 Å². The first-order valence-electron chi connectivity index (χ1n) is 5.48. The molecule has 1 heterocycles. The van der Waals surface area contributed by atoms with E-state index in [-0.39, 0.29) is 25.6 Å². The first-order valence-corrected chi connectivity index (χ1v) is 5.48. The van der Waals surface area contributed by atoms with E-state index in [2.05, 4.69) is 0 Å². The predicted octanol–water partition coefficient (Wildman–Crippen LogP) is 1.34. The zero-order chi connectivity index (χ0) is 12.1. The van der Waals surface area contributed by atoms with E-state index in [1.807, 2.05) is 30.3 Å². The molecule has 1 aromatic rings. The van der Waals surface area contributed by atoms with Gasteiger partial charge in [0.15, 0.2) is 0 Å². The van der Waals surface area contributed by atoms with E-state index in [0.29, 0.717) is 6.61 Å². The number of cyclic esters (lactones) is 1. The Kier molecular flexibility index (Phi) is 3.54. The highest BCUT2D eigenvalue weighted by atomic mass is 16.5. The highest BCUT2D eigenvalue weighted by Gasteiger charge is 2.40. The Morgan fingerprint density at radius 2 is 2.12 bits per heavy atom. The summed E-state index contributed by atoms with van der Waals surface area (Å²) in [5, 5.41) is 0. The van der Waals surface area contributed by atoms with Crippen molar-refractivity contribution in [3.8, 4) is 0 Å². The second-order valence-corrected chi connectivity index (χ2v) is 4.30. The van der Waals surface area contributed by atoms with E-state index in [9.17, 15) is 9.59 Å². The summed E-state index contributed by atoms with van der Waals surface area (Å²) in [5.41, 5.74) is 0.255. The van der Waals surface area contributed by atoms with E-state index in [1.54, 1.807) is 0 Å². The Morgan fingerprint density at radius 3 is 2.71 bits per heavy atom. The van der Waals surface area contributed by atoms with Crippen LogP contribution in [0.15, 0.2) is 30.3 Å². The minimum absolute atomic E-state index is 0.116. The van der Waals surface area contributed by atoms with Crippen molar-refractivity contribution >= 4 is 12.3 Å². The quantitative estimate of drug-likeness (QED) is 0.570. The van der Waals surface area contributed by atoms with Crippen LogP contribution in [-0.2, 0) is 25.7 Å². The van der Waals surface area contributed by atoms with Gasteiger partial charge in [-0.3, -0.25) is 4.79 Å². The fourth-order valence-electron chi connectivity index (χ4n) is 1.76. The standard InChI is InChI=1S/C13H14O4/c14-8-13(6-12(15)17-10-13)9-16-7-11-4-2-1-3-5-11/h1-5,8H,6-7,9-10H2/t13-/m0/s1. The third-order valence-corrected chi connectivity index (χ3v) is 2.77. The monoisotopic (exact) mass is 234 g/mol. The van der Waals surface area contributed by atoms with Crippen molar-refractivity contribution in [3.63, 3.8) is 0 Å². The number of rotatable bonds is 5. The largest absolute Gasteiger partial charge is 0.464 e. The second kappa shape index (κ2) is 5.10. The summed E-state index contributed by atoms with van der Waals surface area (Å²) in [6.45, 7) is 0.784. The lowest BCUT2D eigenvalue weighted by Crippen LogP contribution is -2.29. The zero-order valence-electron chi connectivity index (χ0n) is 9.43. The van der Waals surface area contributed by atoms with Gasteiger partial charge in [-0.05, 0) is 5.56 Å². The molecular weight excluding hydrogens is 220 g/mol. The van der Waals surface area contributed by atoms with Gasteiger partial charge in [-0.2, -0.15) is 0 Å². The molecule has 1 aromatic carbocycles. The molecule has 0 spiro atoms. The van der Waals surface area contributed by atoms with Crippen LogP contribution in [-0.4, -0.2) is 25.5 Å². The maximum Gasteiger partial charge on any atom is 0.307 e. The Morgan fingerprint density at radius 1 is 1.35 bits per heavy atom. The molecule has 1 fully saturated rings. The Labute approximate surface area is 99.5 Å². The van der Waals surface area contributed by atoms with Crippen molar-refractivity contribution in [1.29, 1.82) is 0 Å². The van der Waals surface area contributed by atoms with Gasteiger partial charge in [0, 0.05) is 0 Å². The van der Waals surface area contributed by atoms with Gasteiger partial charge < -0.3 is 14.3 Å². The smallest absolute Gasteiger partial charge is 0.307 e. The first kappa shape index (κ1) is 11.8. The molecule has 4 nitrogen and oxygen atoms in total. The molecule has 17 heavy (non-hydrogen) atoms. The van der Waals surface area contributed by atoms with E-state index < -0.39 is 5.41 Å². The molecule has 0 unspecified atom stereocenters. The number of carbonyl (C=O) groups excluding carboxylic acids is 2. The van der Waals surface area contributed by atoms with Crippen molar-refractivity contribution in [3.05, 3.63) is 35.9 Å². The minimum Gasteiger partial charge on any atom is -0.464 e. The van der Waals surface area contributed by atoms with Crippen LogP contribution in [0.1, 0.15) is 12.0 Å². The van der Waals surface area contributed by atoms with Crippen LogP contribution in [0.25, 0.3) is 0 Å². The van der Waals surface area contributed by atoms with Crippen LogP contribution < -0.4 is 0 Å². The number of esters is 1. The van der Waals surface area contributed by atoms with Gasteiger partial charge in [0.1, 0.15) is 12.9 Å². The predicted molar refractivity (Wildman–Crippen MR) is 60.2 cm³/mol. The molecule has 1 aliphatic rings. The van der Waals surface area contributed by atoms with Crippen molar-refractivity contribution in [2.75, 3.05) is 13.2 Å². The summed E-state index contributed by atoms with van der Waals surface area (Å²) in [6.07, 6.45) is 0.883. The average molecular weight is 234 g/mol. The summed E-state index contributed by atoms with van der Waals surface area (Å²) in [6, 6.07) is 9.68. The Bertz CT molecular complexity index is 401. The molecule has 1 saturated heterocycles. The molecule has 0 N–H and O–H groups in total. The highest BCUT2D eigenvalue weighted by Crippen LogP contribution is 2.27. The van der Waals surface area contributed by atoms with Crippen LogP contribution in [0, 0.1) is 5.41 Å². The average Bonchev–Trinajstić information content (AvgIpc) is 2.73. The fourth-order valence-corrected chi connectivity index (χ4v) is 1.76. The van der Waals surface area contributed by atoms with Crippen molar-refractivity contribution < 1.29 is 19.1 Å². The lowest BCUT2D eigenvalue weighted by molar-refractivity contribution is -0.137. The van der Waals surface area contributed by atoms with Crippen LogP contribution in [0.3, 0.4) is 0 Å². The molecule has 0 saturated carbocycles. The molecule has 0 amide bonds. The van der Waals surface area contributed by atoms with Crippen LogP contribution in [0.5, 0.6) is 0 Å². The van der Waals surface area contributed by atoms with Gasteiger partial charge in [-0.1, -0.05) is 30.3 Å². The van der Waals surface area contributed by atoms with Crippen LogP contribution in [0.2, 0.25) is 0 Å². The number of hydrogen-bond acceptors (Lipinski definition) is 4. The maximum absolute atomic E-state index is 11.0. The number of hydrogen-bond donors (Lipinski definition) is 0. The van der Waals surface area contributed by atoms with Gasteiger partial charge in [-0.25, -0.2) is 0 Å². The molecule has 0 aromatic heterocycles. The van der Waals surface area contributed by atoms with Crippen molar-refractivity contribution in [2.24, 2.45) is 5.41 Å². The summed E-state index contributed by atoms with van der Waals surface area (Å²) in [4.78, 5) is 22.0. The first-order chi connectivity index (χ1) is 8.24. The van der Waals surface area contributed by atoms with E-state index in [1.165, 1.54) is 0 Å².